The molecule has 14 heteroatoms. The van der Waals surface area contributed by atoms with E-state index in [0.717, 1.165) is 12.1 Å². The number of aryl methyl sites for hydroxylation is 1. The van der Waals surface area contributed by atoms with Crippen molar-refractivity contribution >= 4 is 28.3 Å². The maximum Gasteiger partial charge on any atom is 0.264 e. The van der Waals surface area contributed by atoms with Gasteiger partial charge in [0.05, 0.1) is 6.20 Å². The van der Waals surface area contributed by atoms with Crippen molar-refractivity contribution in [2.75, 3.05) is 45.9 Å². The number of sulfonamides is 1. The first-order valence-electron chi connectivity index (χ1n) is 10.6. The van der Waals surface area contributed by atoms with Crippen molar-refractivity contribution < 1.29 is 26.7 Å². The molecule has 2 aliphatic rings. The Morgan fingerprint density at radius 3 is 2.32 bits per heavy atom. The molecule has 0 bridgehead atoms. The summed E-state index contributed by atoms with van der Waals surface area (Å²) in [7, 11) is -2.15. The molecule has 0 unspecified atom stereocenters. The first kappa shape index (κ1) is 26.4. The van der Waals surface area contributed by atoms with Crippen LogP contribution in [0.2, 0.25) is 0 Å². The molecule has 2 aliphatic heterocycles. The molecule has 1 amide bonds. The van der Waals surface area contributed by atoms with E-state index in [4.69, 9.17) is 4.74 Å². The fourth-order valence-electron chi connectivity index (χ4n) is 4.38. The second-order valence-corrected chi connectivity index (χ2v) is 10.1. The lowest BCUT2D eigenvalue weighted by Gasteiger charge is -2.49. The van der Waals surface area contributed by atoms with Gasteiger partial charge in [-0.2, -0.15) is 4.31 Å². The third-order valence-corrected chi connectivity index (χ3v) is 8.05. The minimum Gasteiger partial charge on any atom is -0.381 e. The maximum absolute atomic E-state index is 14.0. The molecule has 1 aromatic heterocycles. The van der Waals surface area contributed by atoms with Crippen LogP contribution in [0.25, 0.3) is 0 Å². The van der Waals surface area contributed by atoms with Crippen LogP contribution in [0.4, 0.5) is 8.78 Å². The number of amides is 1. The second kappa shape index (κ2) is 10.6. The predicted octanol–water partition coefficient (Wildman–Crippen LogP) is 0.801. The molecule has 0 atom stereocenters. The Labute approximate surface area is 202 Å². The number of carbonyl (C=O) groups is 1. The lowest BCUT2D eigenvalue weighted by Crippen LogP contribution is -2.63. The van der Waals surface area contributed by atoms with Gasteiger partial charge in [-0.15, -0.1) is 17.5 Å². The third kappa shape index (κ3) is 5.23. The van der Waals surface area contributed by atoms with Crippen LogP contribution in [-0.2, 0) is 21.8 Å². The van der Waals surface area contributed by atoms with Crippen molar-refractivity contribution in [3.05, 3.63) is 41.6 Å². The number of carbonyl (C=O) groups excluding carboxylic acids is 1. The van der Waals surface area contributed by atoms with Gasteiger partial charge in [0.25, 0.3) is 15.9 Å². The number of halogens is 3. The molecule has 4 rings (SSSR count). The smallest absolute Gasteiger partial charge is 0.264 e. The van der Waals surface area contributed by atoms with E-state index in [0.29, 0.717) is 39.1 Å². The molecule has 1 aromatic carbocycles. The molecule has 0 radical (unpaired) electrons. The molecule has 2 fully saturated rings. The number of hydrogen-bond donors (Lipinski definition) is 1. The number of nitrogens with one attached hydrogen (secondary N) is 1. The average Bonchev–Trinajstić information content (AvgIpc) is 3.25. The van der Waals surface area contributed by atoms with E-state index in [1.807, 2.05) is 0 Å². The van der Waals surface area contributed by atoms with E-state index in [-0.39, 0.29) is 37.1 Å². The highest BCUT2D eigenvalue weighted by Gasteiger charge is 2.42. The molecule has 1 N–H and O–H groups in total. The lowest BCUT2D eigenvalue weighted by molar-refractivity contribution is -0.0385. The van der Waals surface area contributed by atoms with Crippen LogP contribution in [0.1, 0.15) is 23.2 Å². The highest BCUT2D eigenvalue weighted by molar-refractivity contribution is 7.89. The number of hydrogen-bond acceptors (Lipinski definition) is 7. The van der Waals surface area contributed by atoms with Crippen molar-refractivity contribution in [1.82, 2.24) is 29.5 Å². The summed E-state index contributed by atoms with van der Waals surface area (Å²) >= 11 is 0. The van der Waals surface area contributed by atoms with E-state index in [1.54, 1.807) is 7.05 Å². The molecule has 3 heterocycles. The topological polar surface area (TPSA) is 110 Å². The van der Waals surface area contributed by atoms with Crippen molar-refractivity contribution in [3.8, 4) is 0 Å². The zero-order valence-electron chi connectivity index (χ0n) is 18.6. The summed E-state index contributed by atoms with van der Waals surface area (Å²) < 4.78 is 61.9. The Morgan fingerprint density at radius 1 is 1.15 bits per heavy atom. The van der Waals surface area contributed by atoms with Crippen LogP contribution in [0.3, 0.4) is 0 Å². The van der Waals surface area contributed by atoms with E-state index in [9.17, 15) is 22.0 Å². The summed E-state index contributed by atoms with van der Waals surface area (Å²) in [6.07, 6.45) is 2.56. The fraction of sp³-hybridized carbons (Fsp3) is 0.550. The van der Waals surface area contributed by atoms with Gasteiger partial charge in [-0.1, -0.05) is 11.3 Å². The molecule has 2 saturated heterocycles. The SMILES string of the molecule is Cl.Cn1cc(S(=O)(=O)N2CCN(C3(CNC(=O)c4c(F)cccc4F)CCOCC3)CC2)nn1. The van der Waals surface area contributed by atoms with Crippen LogP contribution in [-0.4, -0.2) is 90.0 Å². The fourth-order valence-corrected chi connectivity index (χ4v) is 5.72. The number of rotatable bonds is 6. The van der Waals surface area contributed by atoms with Crippen LogP contribution < -0.4 is 5.32 Å². The molecule has 10 nitrogen and oxygen atoms in total. The number of benzene rings is 1. The predicted molar refractivity (Wildman–Crippen MR) is 120 cm³/mol. The monoisotopic (exact) mass is 520 g/mol. The Balaban J connectivity index is 0.00000324. The Hall–Kier alpha value is -2.19. The van der Waals surface area contributed by atoms with Crippen LogP contribution in [0, 0.1) is 11.6 Å². The van der Waals surface area contributed by atoms with Gasteiger partial charge in [0.2, 0.25) is 5.03 Å². The van der Waals surface area contributed by atoms with Crippen LogP contribution in [0.15, 0.2) is 29.4 Å². The van der Waals surface area contributed by atoms with Crippen LogP contribution in [0.5, 0.6) is 0 Å². The Kier molecular flexibility index (Phi) is 8.24. The van der Waals surface area contributed by atoms with Gasteiger partial charge in [0.1, 0.15) is 17.2 Å². The summed E-state index contributed by atoms with van der Waals surface area (Å²) in [5.74, 6) is -2.66. The normalized spacial score (nSPS) is 19.4. The molecule has 2 aromatic rings. The van der Waals surface area contributed by atoms with Crippen molar-refractivity contribution in [2.24, 2.45) is 7.05 Å². The van der Waals surface area contributed by atoms with Gasteiger partial charge in [-0.05, 0) is 25.0 Å². The van der Waals surface area contributed by atoms with Crippen molar-refractivity contribution in [3.63, 3.8) is 0 Å². The third-order valence-electron chi connectivity index (χ3n) is 6.29. The summed E-state index contributed by atoms with van der Waals surface area (Å²) in [6.45, 7) is 2.48. The largest absolute Gasteiger partial charge is 0.381 e. The van der Waals surface area contributed by atoms with Crippen LogP contribution >= 0.6 is 12.4 Å². The van der Waals surface area contributed by atoms with Gasteiger partial charge in [0, 0.05) is 58.5 Å². The Bertz CT molecular complexity index is 1100. The van der Waals surface area contributed by atoms with Gasteiger partial charge in [0.15, 0.2) is 0 Å². The van der Waals surface area contributed by atoms with E-state index < -0.39 is 38.7 Å². The molecule has 34 heavy (non-hydrogen) atoms. The lowest BCUT2D eigenvalue weighted by atomic mass is 9.87. The second-order valence-electron chi connectivity index (χ2n) is 8.24. The molecular formula is C20H27ClF2N6O4S. The van der Waals surface area contributed by atoms with Gasteiger partial charge >= 0.3 is 0 Å². The summed E-state index contributed by atoms with van der Waals surface area (Å²) in [6, 6.07) is 3.29. The molecule has 0 saturated carbocycles. The van der Waals surface area contributed by atoms with Gasteiger partial charge in [-0.25, -0.2) is 17.2 Å². The van der Waals surface area contributed by atoms with Gasteiger partial charge in [-0.3, -0.25) is 14.4 Å². The highest BCUT2D eigenvalue weighted by atomic mass is 35.5. The highest BCUT2D eigenvalue weighted by Crippen LogP contribution is 2.30. The minimum absolute atomic E-state index is 0. The molecule has 188 valence electrons. The number of aromatic nitrogens is 3. The number of piperazine rings is 1. The van der Waals surface area contributed by atoms with Gasteiger partial charge < -0.3 is 10.1 Å². The zero-order chi connectivity index (χ0) is 23.6. The first-order chi connectivity index (χ1) is 15.7. The Morgan fingerprint density at radius 2 is 1.76 bits per heavy atom. The average molecular weight is 521 g/mol. The summed E-state index contributed by atoms with van der Waals surface area (Å²) in [5.41, 5.74) is -1.11. The standard InChI is InChI=1S/C20H26F2N6O4S.ClH/c1-26-13-17(24-25-26)33(30,31)28-9-7-27(8-10-28)20(5-11-32-12-6-20)14-23-19(29)18-15(21)3-2-4-16(18)22;/h2-4,13H,5-12,14H2,1H3,(H,23,29);1H. The zero-order valence-corrected chi connectivity index (χ0v) is 20.2. The number of ether oxygens (including phenoxy) is 1. The summed E-state index contributed by atoms with van der Waals surface area (Å²) in [5, 5.41) is 10.0. The van der Waals surface area contributed by atoms with E-state index in [1.165, 1.54) is 21.3 Å². The van der Waals surface area contributed by atoms with Crippen molar-refractivity contribution in [2.45, 2.75) is 23.4 Å². The van der Waals surface area contributed by atoms with Crippen molar-refractivity contribution in [1.29, 1.82) is 0 Å². The molecule has 0 spiro atoms. The van der Waals surface area contributed by atoms with E-state index in [2.05, 4.69) is 20.5 Å². The quantitative estimate of drug-likeness (QED) is 0.600. The first-order valence-corrected chi connectivity index (χ1v) is 12.1. The summed E-state index contributed by atoms with van der Waals surface area (Å²) in [4.78, 5) is 14.7. The minimum atomic E-state index is -3.75. The maximum atomic E-state index is 14.0. The van der Waals surface area contributed by atoms with E-state index >= 15 is 0 Å². The molecular weight excluding hydrogens is 494 g/mol. The number of nitrogens with zero attached hydrogens (tertiary/aromatic N) is 5. The molecule has 0 aliphatic carbocycles.